The van der Waals surface area contributed by atoms with Gasteiger partial charge in [0.05, 0.1) is 11.6 Å². The van der Waals surface area contributed by atoms with E-state index < -0.39 is 0 Å². The Morgan fingerprint density at radius 3 is 2.54 bits per heavy atom. The molecule has 1 heterocycles. The van der Waals surface area contributed by atoms with E-state index in [0.717, 1.165) is 24.3 Å². The summed E-state index contributed by atoms with van der Waals surface area (Å²) in [6.45, 7) is 6.52. The van der Waals surface area contributed by atoms with Gasteiger partial charge in [0, 0.05) is 29.5 Å². The average Bonchev–Trinajstić information content (AvgIpc) is 2.95. The monoisotopic (exact) mass is 431 g/mol. The molecule has 4 nitrogen and oxygen atoms in total. The standard InChI is InChI=1S/C21H22ClN3OS2/c1-3-24(4-2)18-10-8-15(9-11-18)12-19-20(26)25(21(27)28-19)14-23-17-7-5-6-16(22)13-17/h5-13,23H,3-4,14H2,1-2H3/b19-12-. The van der Waals surface area contributed by atoms with E-state index in [-0.39, 0.29) is 5.91 Å². The van der Waals surface area contributed by atoms with Gasteiger partial charge in [-0.05, 0) is 55.8 Å². The van der Waals surface area contributed by atoms with Crippen molar-refractivity contribution in [3.8, 4) is 0 Å². The Morgan fingerprint density at radius 1 is 1.18 bits per heavy atom. The molecule has 0 spiro atoms. The van der Waals surface area contributed by atoms with Crippen LogP contribution >= 0.6 is 35.6 Å². The van der Waals surface area contributed by atoms with E-state index in [2.05, 4.69) is 36.2 Å². The molecule has 7 heteroatoms. The van der Waals surface area contributed by atoms with Crippen molar-refractivity contribution in [2.45, 2.75) is 13.8 Å². The minimum absolute atomic E-state index is 0.0858. The number of thioether (sulfide) groups is 1. The van der Waals surface area contributed by atoms with E-state index in [1.165, 1.54) is 17.4 Å². The molecule has 0 aromatic heterocycles. The molecule has 0 atom stereocenters. The Morgan fingerprint density at radius 2 is 1.89 bits per heavy atom. The zero-order valence-electron chi connectivity index (χ0n) is 15.8. The van der Waals surface area contributed by atoms with Gasteiger partial charge in [-0.3, -0.25) is 9.69 Å². The average molecular weight is 432 g/mol. The Labute approximate surface area is 180 Å². The van der Waals surface area contributed by atoms with Crippen LogP contribution in [0.1, 0.15) is 19.4 Å². The molecule has 1 fully saturated rings. The number of carbonyl (C=O) groups excluding carboxylic acids is 1. The molecule has 1 saturated heterocycles. The lowest BCUT2D eigenvalue weighted by Gasteiger charge is -2.20. The fraction of sp³-hybridized carbons (Fsp3) is 0.238. The van der Waals surface area contributed by atoms with Crippen LogP contribution in [0.4, 0.5) is 11.4 Å². The SMILES string of the molecule is CCN(CC)c1ccc(/C=C2\SC(=S)N(CNc3cccc(Cl)c3)C2=O)cc1. The van der Waals surface area contributed by atoms with Gasteiger partial charge in [0.25, 0.3) is 5.91 Å². The van der Waals surface area contributed by atoms with Crippen LogP contribution in [0.3, 0.4) is 0 Å². The highest BCUT2D eigenvalue weighted by Crippen LogP contribution is 2.32. The van der Waals surface area contributed by atoms with Crippen LogP contribution in [0.25, 0.3) is 6.08 Å². The molecular formula is C21H22ClN3OS2. The van der Waals surface area contributed by atoms with Crippen LogP contribution in [-0.4, -0.2) is 34.9 Å². The largest absolute Gasteiger partial charge is 0.372 e. The molecule has 0 aliphatic carbocycles. The van der Waals surface area contributed by atoms with Crippen LogP contribution in [0.15, 0.2) is 53.4 Å². The molecule has 28 heavy (non-hydrogen) atoms. The van der Waals surface area contributed by atoms with E-state index in [1.54, 1.807) is 11.0 Å². The molecule has 146 valence electrons. The minimum Gasteiger partial charge on any atom is -0.372 e. The number of amides is 1. The highest BCUT2D eigenvalue weighted by Gasteiger charge is 2.31. The first-order valence-corrected chi connectivity index (χ1v) is 10.7. The molecule has 1 aliphatic heterocycles. The summed E-state index contributed by atoms with van der Waals surface area (Å²) in [5.74, 6) is -0.0858. The molecule has 1 amide bonds. The summed E-state index contributed by atoms with van der Waals surface area (Å²) >= 11 is 12.7. The molecule has 2 aromatic carbocycles. The van der Waals surface area contributed by atoms with Crippen molar-refractivity contribution < 1.29 is 4.79 Å². The first-order valence-electron chi connectivity index (χ1n) is 9.11. The molecule has 1 N–H and O–H groups in total. The second kappa shape index (κ2) is 9.45. The fourth-order valence-corrected chi connectivity index (χ4v) is 4.37. The number of nitrogens with zero attached hydrogens (tertiary/aromatic N) is 2. The van der Waals surface area contributed by atoms with E-state index >= 15 is 0 Å². The lowest BCUT2D eigenvalue weighted by Crippen LogP contribution is -2.33. The second-order valence-electron chi connectivity index (χ2n) is 6.22. The summed E-state index contributed by atoms with van der Waals surface area (Å²) < 4.78 is 0.547. The Balaban J connectivity index is 1.68. The molecule has 2 aromatic rings. The zero-order valence-corrected chi connectivity index (χ0v) is 18.2. The van der Waals surface area contributed by atoms with Crippen molar-refractivity contribution in [1.82, 2.24) is 4.90 Å². The third-order valence-corrected chi connectivity index (χ3v) is 6.07. The number of hydrogen-bond donors (Lipinski definition) is 1. The lowest BCUT2D eigenvalue weighted by molar-refractivity contribution is -0.121. The maximum absolute atomic E-state index is 12.8. The number of benzene rings is 2. The summed E-state index contributed by atoms with van der Waals surface area (Å²) in [6, 6.07) is 15.6. The van der Waals surface area contributed by atoms with Gasteiger partial charge in [-0.15, -0.1) is 0 Å². The second-order valence-corrected chi connectivity index (χ2v) is 8.33. The Bertz CT molecular complexity index is 895. The highest BCUT2D eigenvalue weighted by molar-refractivity contribution is 8.26. The molecule has 1 aliphatic rings. The van der Waals surface area contributed by atoms with Crippen LogP contribution in [0.5, 0.6) is 0 Å². The quantitative estimate of drug-likeness (QED) is 0.465. The summed E-state index contributed by atoms with van der Waals surface area (Å²) in [4.78, 5) is 17.2. The maximum Gasteiger partial charge on any atom is 0.267 e. The third-order valence-electron chi connectivity index (χ3n) is 4.46. The number of thiocarbonyl (C=S) groups is 1. The summed E-state index contributed by atoms with van der Waals surface area (Å²) in [5, 5.41) is 3.83. The number of hydrogen-bond acceptors (Lipinski definition) is 5. The third kappa shape index (κ3) is 4.87. The van der Waals surface area contributed by atoms with Gasteiger partial charge >= 0.3 is 0 Å². The Kier molecular flexibility index (Phi) is 6.99. The van der Waals surface area contributed by atoms with Crippen molar-refractivity contribution in [2.24, 2.45) is 0 Å². The van der Waals surface area contributed by atoms with Crippen molar-refractivity contribution in [2.75, 3.05) is 30.0 Å². The van der Waals surface area contributed by atoms with Crippen molar-refractivity contribution >= 4 is 63.3 Å². The number of rotatable bonds is 7. The van der Waals surface area contributed by atoms with Crippen LogP contribution < -0.4 is 10.2 Å². The van der Waals surface area contributed by atoms with E-state index in [1.807, 2.05) is 36.4 Å². The van der Waals surface area contributed by atoms with Crippen molar-refractivity contribution in [3.63, 3.8) is 0 Å². The van der Waals surface area contributed by atoms with Gasteiger partial charge in [0.15, 0.2) is 0 Å². The van der Waals surface area contributed by atoms with E-state index in [9.17, 15) is 4.79 Å². The normalized spacial score (nSPS) is 15.4. The number of carbonyl (C=O) groups is 1. The molecule has 0 bridgehead atoms. The molecular weight excluding hydrogens is 410 g/mol. The van der Waals surface area contributed by atoms with Gasteiger partial charge in [0.1, 0.15) is 4.32 Å². The molecule has 3 rings (SSSR count). The van der Waals surface area contributed by atoms with Crippen molar-refractivity contribution in [1.29, 1.82) is 0 Å². The van der Waals surface area contributed by atoms with Crippen LogP contribution in [-0.2, 0) is 4.79 Å². The lowest BCUT2D eigenvalue weighted by atomic mass is 10.1. The van der Waals surface area contributed by atoms with Crippen LogP contribution in [0, 0.1) is 0 Å². The van der Waals surface area contributed by atoms with E-state index in [0.29, 0.717) is 20.9 Å². The van der Waals surface area contributed by atoms with Gasteiger partial charge in [-0.1, -0.05) is 53.8 Å². The number of halogens is 1. The first kappa shape index (κ1) is 20.7. The summed E-state index contributed by atoms with van der Waals surface area (Å²) in [6.07, 6.45) is 1.89. The smallest absolute Gasteiger partial charge is 0.267 e. The van der Waals surface area contributed by atoms with E-state index in [4.69, 9.17) is 23.8 Å². The molecule has 0 radical (unpaired) electrons. The number of nitrogens with one attached hydrogen (secondary N) is 1. The predicted molar refractivity (Wildman–Crippen MR) is 125 cm³/mol. The highest BCUT2D eigenvalue weighted by atomic mass is 35.5. The van der Waals surface area contributed by atoms with Gasteiger partial charge < -0.3 is 10.2 Å². The first-order chi connectivity index (χ1) is 13.5. The topological polar surface area (TPSA) is 35.6 Å². The fourth-order valence-electron chi connectivity index (χ4n) is 2.93. The zero-order chi connectivity index (χ0) is 20.1. The predicted octanol–water partition coefficient (Wildman–Crippen LogP) is 5.46. The van der Waals surface area contributed by atoms with Crippen LogP contribution in [0.2, 0.25) is 5.02 Å². The maximum atomic E-state index is 12.8. The summed E-state index contributed by atoms with van der Waals surface area (Å²) in [7, 11) is 0. The van der Waals surface area contributed by atoms with Gasteiger partial charge in [-0.25, -0.2) is 0 Å². The minimum atomic E-state index is -0.0858. The van der Waals surface area contributed by atoms with Gasteiger partial charge in [0.2, 0.25) is 0 Å². The molecule has 0 unspecified atom stereocenters. The molecule has 0 saturated carbocycles. The van der Waals surface area contributed by atoms with Crippen molar-refractivity contribution in [3.05, 3.63) is 64.0 Å². The summed E-state index contributed by atoms with van der Waals surface area (Å²) in [5.41, 5.74) is 3.01. The Hall–Kier alpha value is -2.02. The van der Waals surface area contributed by atoms with Gasteiger partial charge in [-0.2, -0.15) is 0 Å². The number of anilines is 2.